The molecule has 0 radical (unpaired) electrons. The maximum Gasteiger partial charge on any atom is 0.229 e. The first-order chi connectivity index (χ1) is 27.6. The molecular formula is C44H39F3N10. The maximum absolute atomic E-state index is 13.2. The molecule has 0 fully saturated rings. The highest BCUT2D eigenvalue weighted by molar-refractivity contribution is 5.90. The number of anilines is 6. The van der Waals surface area contributed by atoms with Crippen LogP contribution in [0.2, 0.25) is 0 Å². The monoisotopic (exact) mass is 764 g/mol. The van der Waals surface area contributed by atoms with Crippen molar-refractivity contribution in [3.63, 3.8) is 0 Å². The van der Waals surface area contributed by atoms with Gasteiger partial charge in [-0.05, 0) is 137 Å². The van der Waals surface area contributed by atoms with Crippen molar-refractivity contribution in [3.8, 4) is 22.5 Å². The van der Waals surface area contributed by atoms with E-state index in [0.29, 0.717) is 51.5 Å². The van der Waals surface area contributed by atoms with Crippen LogP contribution < -0.4 is 21.3 Å². The molecule has 286 valence electrons. The number of nitrogens with one attached hydrogen (secondary N) is 4. The summed E-state index contributed by atoms with van der Waals surface area (Å²) in [7, 11) is 0. The highest BCUT2D eigenvalue weighted by atomic mass is 19.1. The summed E-state index contributed by atoms with van der Waals surface area (Å²) in [6.07, 6.45) is 0. The summed E-state index contributed by atoms with van der Waals surface area (Å²) in [6, 6.07) is 36.0. The smallest absolute Gasteiger partial charge is 0.229 e. The highest BCUT2D eigenvalue weighted by Gasteiger charge is 2.14. The van der Waals surface area contributed by atoms with Crippen molar-refractivity contribution < 1.29 is 13.2 Å². The number of hydrogen-bond donors (Lipinski definition) is 4. The van der Waals surface area contributed by atoms with Crippen LogP contribution in [0.25, 0.3) is 44.6 Å². The Labute approximate surface area is 327 Å². The molecular weight excluding hydrogens is 726 g/mol. The van der Waals surface area contributed by atoms with E-state index in [4.69, 9.17) is 9.97 Å². The molecule has 0 bridgehead atoms. The molecule has 8 aromatic rings. The lowest BCUT2D eigenvalue weighted by Gasteiger charge is -2.14. The molecule has 4 aromatic carbocycles. The van der Waals surface area contributed by atoms with Crippen LogP contribution in [-0.4, -0.2) is 42.0 Å². The Bertz CT molecular complexity index is 2600. The number of nitrogens with zero attached hydrogens (tertiary/aromatic N) is 6. The van der Waals surface area contributed by atoms with Crippen molar-refractivity contribution in [2.45, 2.75) is 39.8 Å². The SMILES string of the molecule is CC(C)Nc1nc(Nc2ccc(F)cc2)nc2ccc(-c3ccc(F)cc3)nc12.CC(C)Nc1nc(Nc2ccccc2)nc2ccc(-c3ccc(F)cc3)nc12. The van der Waals surface area contributed by atoms with Gasteiger partial charge in [-0.3, -0.25) is 0 Å². The average Bonchev–Trinajstić information content (AvgIpc) is 3.19. The van der Waals surface area contributed by atoms with E-state index >= 15 is 0 Å². The standard InChI is InChI=1S/C22H19F2N5.C22H20FN5/c1-13(2)25-21-20-19(12-11-18(27-20)14-3-5-15(23)6-4-14)28-22(29-21)26-17-9-7-16(24)8-10-17;1-14(2)24-21-20-19(27-22(28-21)25-17-6-4-3-5-7-17)13-12-18(26-20)15-8-10-16(23)11-9-15/h3-13H,1-2H3,(H2,25,26,28,29);3-14H,1-2H3,(H2,24,25,27,28). The number of para-hydroxylation sites is 1. The molecule has 10 nitrogen and oxygen atoms in total. The van der Waals surface area contributed by atoms with Gasteiger partial charge < -0.3 is 21.3 Å². The number of hydrogen-bond acceptors (Lipinski definition) is 10. The summed E-state index contributed by atoms with van der Waals surface area (Å²) in [5.74, 6) is 1.24. The molecule has 0 saturated heterocycles. The van der Waals surface area contributed by atoms with Crippen LogP contribution in [0.15, 0.2) is 127 Å². The van der Waals surface area contributed by atoms with Crippen LogP contribution in [-0.2, 0) is 0 Å². The molecule has 0 aliphatic heterocycles. The largest absolute Gasteiger partial charge is 0.366 e. The maximum atomic E-state index is 13.2. The Kier molecular flexibility index (Phi) is 11.4. The van der Waals surface area contributed by atoms with E-state index in [2.05, 4.69) is 41.2 Å². The minimum Gasteiger partial charge on any atom is -0.366 e. The predicted molar refractivity (Wildman–Crippen MR) is 222 cm³/mol. The molecule has 13 heteroatoms. The van der Waals surface area contributed by atoms with Crippen LogP contribution in [0.3, 0.4) is 0 Å². The molecule has 0 aliphatic carbocycles. The summed E-state index contributed by atoms with van der Waals surface area (Å²) in [6.45, 7) is 8.10. The van der Waals surface area contributed by atoms with E-state index in [1.807, 2.05) is 82.3 Å². The predicted octanol–water partition coefficient (Wildman–Crippen LogP) is 10.9. The van der Waals surface area contributed by atoms with Gasteiger partial charge in [-0.15, -0.1) is 0 Å². The second-order valence-electron chi connectivity index (χ2n) is 13.7. The van der Waals surface area contributed by atoms with Crippen molar-refractivity contribution in [3.05, 3.63) is 145 Å². The summed E-state index contributed by atoms with van der Waals surface area (Å²) in [5.41, 5.74) is 7.34. The van der Waals surface area contributed by atoms with Gasteiger partial charge in [-0.1, -0.05) is 18.2 Å². The molecule has 4 aromatic heterocycles. The van der Waals surface area contributed by atoms with Gasteiger partial charge in [0, 0.05) is 34.6 Å². The zero-order valence-corrected chi connectivity index (χ0v) is 31.6. The van der Waals surface area contributed by atoms with Crippen LogP contribution >= 0.6 is 0 Å². The fraction of sp³-hybridized carbons (Fsp3) is 0.136. The Morgan fingerprint density at radius 3 is 1.19 bits per heavy atom. The first-order valence-corrected chi connectivity index (χ1v) is 18.3. The number of benzene rings is 4. The van der Waals surface area contributed by atoms with Crippen molar-refractivity contribution in [1.29, 1.82) is 0 Å². The van der Waals surface area contributed by atoms with Gasteiger partial charge in [0.15, 0.2) is 11.6 Å². The van der Waals surface area contributed by atoms with E-state index in [9.17, 15) is 13.2 Å². The van der Waals surface area contributed by atoms with Crippen molar-refractivity contribution in [2.24, 2.45) is 0 Å². The van der Waals surface area contributed by atoms with E-state index < -0.39 is 0 Å². The summed E-state index contributed by atoms with van der Waals surface area (Å²) in [5, 5.41) is 13.0. The molecule has 0 saturated carbocycles. The van der Waals surface area contributed by atoms with Crippen molar-refractivity contribution >= 4 is 57.0 Å². The van der Waals surface area contributed by atoms with Gasteiger partial charge in [0.05, 0.1) is 22.4 Å². The zero-order chi connectivity index (χ0) is 39.9. The molecule has 8 rings (SSSR count). The zero-order valence-electron chi connectivity index (χ0n) is 31.6. The number of pyridine rings is 2. The Hall–Kier alpha value is -7.15. The summed E-state index contributed by atoms with van der Waals surface area (Å²) in [4.78, 5) is 27.8. The summed E-state index contributed by atoms with van der Waals surface area (Å²) < 4.78 is 39.6. The molecule has 0 spiro atoms. The quantitative estimate of drug-likeness (QED) is 0.107. The van der Waals surface area contributed by atoms with Crippen LogP contribution in [0.4, 0.5) is 48.1 Å². The molecule has 4 heterocycles. The van der Waals surface area contributed by atoms with Crippen molar-refractivity contribution in [2.75, 3.05) is 21.3 Å². The van der Waals surface area contributed by atoms with Gasteiger partial charge >= 0.3 is 0 Å². The molecule has 0 aliphatic rings. The normalized spacial score (nSPS) is 11.0. The Morgan fingerprint density at radius 2 is 0.789 bits per heavy atom. The number of rotatable bonds is 10. The van der Waals surface area contributed by atoms with E-state index in [-0.39, 0.29) is 29.5 Å². The number of halogens is 3. The third kappa shape index (κ3) is 9.75. The van der Waals surface area contributed by atoms with E-state index in [1.54, 1.807) is 36.4 Å². The molecule has 0 amide bonds. The summed E-state index contributed by atoms with van der Waals surface area (Å²) >= 11 is 0. The topological polar surface area (TPSA) is 125 Å². The van der Waals surface area contributed by atoms with Crippen molar-refractivity contribution in [1.82, 2.24) is 29.9 Å². The third-order valence-electron chi connectivity index (χ3n) is 8.35. The lowest BCUT2D eigenvalue weighted by atomic mass is 10.1. The highest BCUT2D eigenvalue weighted by Crippen LogP contribution is 2.29. The minimum absolute atomic E-state index is 0.128. The molecule has 57 heavy (non-hydrogen) atoms. The second-order valence-corrected chi connectivity index (χ2v) is 13.7. The first kappa shape index (κ1) is 38.1. The second kappa shape index (κ2) is 17.1. The third-order valence-corrected chi connectivity index (χ3v) is 8.35. The molecule has 0 unspecified atom stereocenters. The lowest BCUT2D eigenvalue weighted by Crippen LogP contribution is -2.13. The fourth-order valence-electron chi connectivity index (χ4n) is 5.76. The fourth-order valence-corrected chi connectivity index (χ4v) is 5.76. The van der Waals surface area contributed by atoms with Gasteiger partial charge in [-0.2, -0.15) is 9.97 Å². The van der Waals surface area contributed by atoms with Gasteiger partial charge in [-0.25, -0.2) is 33.1 Å². The molecule has 4 N–H and O–H groups in total. The Morgan fingerprint density at radius 1 is 0.404 bits per heavy atom. The van der Waals surface area contributed by atoms with E-state index in [1.165, 1.54) is 36.4 Å². The van der Waals surface area contributed by atoms with Gasteiger partial charge in [0.25, 0.3) is 0 Å². The van der Waals surface area contributed by atoms with Crippen LogP contribution in [0.1, 0.15) is 27.7 Å². The average molecular weight is 765 g/mol. The number of fused-ring (bicyclic) bond motifs is 2. The minimum atomic E-state index is -0.310. The van der Waals surface area contributed by atoms with Crippen LogP contribution in [0.5, 0.6) is 0 Å². The first-order valence-electron chi connectivity index (χ1n) is 18.3. The Balaban J connectivity index is 0.000000174. The van der Waals surface area contributed by atoms with Gasteiger partial charge in [0.2, 0.25) is 11.9 Å². The van der Waals surface area contributed by atoms with E-state index in [0.717, 1.165) is 28.0 Å². The number of aromatic nitrogens is 6. The lowest BCUT2D eigenvalue weighted by molar-refractivity contribution is 0.627. The van der Waals surface area contributed by atoms with Gasteiger partial charge in [0.1, 0.15) is 28.5 Å². The molecule has 0 atom stereocenters. The van der Waals surface area contributed by atoms with Crippen LogP contribution in [0, 0.1) is 17.5 Å².